The van der Waals surface area contributed by atoms with Crippen molar-refractivity contribution in [3.63, 3.8) is 0 Å². The molecule has 1 atom stereocenters. The lowest BCUT2D eigenvalue weighted by atomic mass is 9.96. The van der Waals surface area contributed by atoms with E-state index in [0.29, 0.717) is 17.4 Å². The Morgan fingerprint density at radius 2 is 1.69 bits per heavy atom. The van der Waals surface area contributed by atoms with Crippen LogP contribution in [-0.4, -0.2) is 38.0 Å². The SMILES string of the molecule is COc1cc2c(cc1OC)C(=O)[14CH](CC1CCN(Cc3ccccc3)CC1)C2.Cl. The molecule has 0 bridgehead atoms. The van der Waals surface area contributed by atoms with E-state index >= 15 is 0 Å². The Kier molecular flexibility index (Phi) is 7.20. The Bertz CT molecular complexity index is 832. The van der Waals surface area contributed by atoms with E-state index in [9.17, 15) is 4.79 Å². The second-order valence-electron chi connectivity index (χ2n) is 8.07. The highest BCUT2D eigenvalue weighted by Crippen LogP contribution is 2.39. The summed E-state index contributed by atoms with van der Waals surface area (Å²) in [6, 6.07) is 14.5. The van der Waals surface area contributed by atoms with Gasteiger partial charge in [-0.2, -0.15) is 0 Å². The van der Waals surface area contributed by atoms with Gasteiger partial charge in [0.2, 0.25) is 0 Å². The van der Waals surface area contributed by atoms with E-state index in [4.69, 9.17) is 9.47 Å². The van der Waals surface area contributed by atoms with Crippen molar-refractivity contribution in [2.45, 2.75) is 32.2 Å². The first kappa shape index (κ1) is 21.7. The lowest BCUT2D eigenvalue weighted by molar-refractivity contribution is 0.0895. The fraction of sp³-hybridized carbons (Fsp3) is 0.458. The van der Waals surface area contributed by atoms with Crippen LogP contribution in [0.1, 0.15) is 40.7 Å². The molecule has 0 aromatic heterocycles. The molecule has 1 aliphatic carbocycles. The number of hydrogen-bond acceptors (Lipinski definition) is 4. The van der Waals surface area contributed by atoms with E-state index in [2.05, 4.69) is 35.2 Å². The van der Waals surface area contributed by atoms with Crippen LogP contribution in [0.2, 0.25) is 0 Å². The summed E-state index contributed by atoms with van der Waals surface area (Å²) >= 11 is 0. The number of methoxy groups -OCH3 is 2. The maximum Gasteiger partial charge on any atom is 0.166 e. The Morgan fingerprint density at radius 1 is 1.03 bits per heavy atom. The molecule has 0 radical (unpaired) electrons. The number of piperidine rings is 1. The number of ether oxygens (including phenoxy) is 2. The molecule has 1 saturated heterocycles. The van der Waals surface area contributed by atoms with Crippen LogP contribution in [-0.2, 0) is 13.0 Å². The molecule has 156 valence electrons. The van der Waals surface area contributed by atoms with Crippen LogP contribution >= 0.6 is 12.4 Å². The van der Waals surface area contributed by atoms with Crippen LogP contribution in [0.5, 0.6) is 11.5 Å². The van der Waals surface area contributed by atoms with Crippen LogP contribution in [0.3, 0.4) is 0 Å². The molecule has 1 unspecified atom stereocenters. The van der Waals surface area contributed by atoms with Gasteiger partial charge in [0.1, 0.15) is 0 Å². The van der Waals surface area contributed by atoms with Gasteiger partial charge in [-0.3, -0.25) is 9.69 Å². The second-order valence-corrected chi connectivity index (χ2v) is 8.07. The summed E-state index contributed by atoms with van der Waals surface area (Å²) in [5.74, 6) is 2.38. The van der Waals surface area contributed by atoms with Crippen LogP contribution in [0.15, 0.2) is 42.5 Å². The van der Waals surface area contributed by atoms with Gasteiger partial charge >= 0.3 is 0 Å². The quantitative estimate of drug-likeness (QED) is 0.677. The smallest absolute Gasteiger partial charge is 0.166 e. The molecular weight excluding hydrogens is 388 g/mol. The summed E-state index contributed by atoms with van der Waals surface area (Å²) in [6.45, 7) is 3.27. The number of ketones is 1. The molecule has 0 spiro atoms. The Balaban J connectivity index is 0.00000240. The van der Waals surface area contributed by atoms with E-state index < -0.39 is 0 Å². The van der Waals surface area contributed by atoms with E-state index in [1.807, 2.05) is 12.1 Å². The minimum absolute atomic E-state index is 0. The molecule has 0 saturated carbocycles. The third kappa shape index (κ3) is 4.76. The molecule has 4 rings (SSSR count). The lowest BCUT2D eigenvalue weighted by Crippen LogP contribution is -2.34. The standard InChI is InChI=1S/C24H29NO3.ClH/c1-27-22-14-19-13-20(24(26)21(19)15-23(22)28-2)12-17-8-10-25(11-9-17)16-18-6-4-3-5-7-18;/h3-7,14-15,17,20H,8-13,16H2,1-2H3;1H/i20+2;. The highest BCUT2D eigenvalue weighted by Gasteiger charge is 2.34. The average molecular weight is 418 g/mol. The van der Waals surface area contributed by atoms with Crippen molar-refractivity contribution < 1.29 is 14.3 Å². The highest BCUT2D eigenvalue weighted by atomic mass is 35.5. The van der Waals surface area contributed by atoms with Gasteiger partial charge in [-0.15, -0.1) is 12.4 Å². The number of carbonyl (C=O) groups is 1. The predicted molar refractivity (Wildman–Crippen MR) is 117 cm³/mol. The molecule has 2 aliphatic rings. The molecular formula is C24H30ClNO3. The molecule has 1 aliphatic heterocycles. The van der Waals surface area contributed by atoms with Crippen molar-refractivity contribution in [3.8, 4) is 11.5 Å². The first-order valence-electron chi connectivity index (χ1n) is 10.2. The van der Waals surface area contributed by atoms with Gasteiger partial charge in [-0.1, -0.05) is 30.3 Å². The van der Waals surface area contributed by atoms with E-state index in [1.54, 1.807) is 14.2 Å². The van der Waals surface area contributed by atoms with Gasteiger partial charge < -0.3 is 9.47 Å². The number of likely N-dealkylation sites (tertiary alicyclic amines) is 1. The van der Waals surface area contributed by atoms with Crippen molar-refractivity contribution >= 4 is 18.2 Å². The normalized spacial score (nSPS) is 19.5. The number of halogens is 1. The van der Waals surface area contributed by atoms with Gasteiger partial charge in [0.25, 0.3) is 0 Å². The molecule has 29 heavy (non-hydrogen) atoms. The number of Topliss-reactive ketones (excluding diaryl/α,β-unsaturated/α-hetero) is 1. The maximum absolute atomic E-state index is 12.9. The summed E-state index contributed by atoms with van der Waals surface area (Å²) < 4.78 is 10.8. The van der Waals surface area contributed by atoms with Crippen molar-refractivity contribution in [3.05, 3.63) is 59.2 Å². The molecule has 0 N–H and O–H groups in total. The number of hydrogen-bond donors (Lipinski definition) is 0. The molecule has 2 aromatic rings. The van der Waals surface area contributed by atoms with E-state index in [1.165, 1.54) is 18.4 Å². The minimum Gasteiger partial charge on any atom is -0.493 e. The first-order valence-corrected chi connectivity index (χ1v) is 10.2. The summed E-state index contributed by atoms with van der Waals surface area (Å²) in [4.78, 5) is 15.5. The Morgan fingerprint density at radius 3 is 2.34 bits per heavy atom. The van der Waals surface area contributed by atoms with Gasteiger partial charge in [0, 0.05) is 18.0 Å². The van der Waals surface area contributed by atoms with Crippen molar-refractivity contribution in [2.75, 3.05) is 27.3 Å². The van der Waals surface area contributed by atoms with E-state index in [-0.39, 0.29) is 24.1 Å². The Labute approximate surface area is 179 Å². The number of rotatable bonds is 6. The van der Waals surface area contributed by atoms with Crippen LogP contribution in [0.25, 0.3) is 0 Å². The highest BCUT2D eigenvalue weighted by molar-refractivity contribution is 6.02. The average Bonchev–Trinajstić information content (AvgIpc) is 3.03. The monoisotopic (exact) mass is 417 g/mol. The van der Waals surface area contributed by atoms with Gasteiger partial charge in [0.05, 0.1) is 14.2 Å². The summed E-state index contributed by atoms with van der Waals surface area (Å²) in [6.07, 6.45) is 4.19. The summed E-state index contributed by atoms with van der Waals surface area (Å²) in [7, 11) is 3.26. The third-order valence-electron chi connectivity index (χ3n) is 6.29. The second kappa shape index (κ2) is 9.64. The number of nitrogens with zero attached hydrogens (tertiary/aromatic N) is 1. The lowest BCUT2D eigenvalue weighted by Gasteiger charge is -2.32. The molecule has 1 heterocycles. The van der Waals surface area contributed by atoms with Crippen molar-refractivity contribution in [2.24, 2.45) is 11.8 Å². The van der Waals surface area contributed by atoms with Crippen LogP contribution < -0.4 is 9.47 Å². The largest absolute Gasteiger partial charge is 0.493 e. The fourth-order valence-electron chi connectivity index (χ4n) is 4.71. The van der Waals surface area contributed by atoms with Crippen molar-refractivity contribution in [1.82, 2.24) is 4.90 Å². The predicted octanol–water partition coefficient (Wildman–Crippen LogP) is 4.78. The minimum atomic E-state index is 0. The van der Waals surface area contributed by atoms with Gasteiger partial charge in [0.15, 0.2) is 17.3 Å². The molecule has 4 nitrogen and oxygen atoms in total. The topological polar surface area (TPSA) is 38.8 Å². The van der Waals surface area contributed by atoms with Crippen molar-refractivity contribution in [1.29, 1.82) is 0 Å². The molecule has 0 amide bonds. The Hall–Kier alpha value is -2.04. The zero-order valence-corrected chi connectivity index (χ0v) is 18.0. The summed E-state index contributed by atoms with van der Waals surface area (Å²) in [5.41, 5.74) is 3.31. The third-order valence-corrected chi connectivity index (χ3v) is 6.29. The van der Waals surface area contributed by atoms with E-state index in [0.717, 1.165) is 43.6 Å². The van der Waals surface area contributed by atoms with Gasteiger partial charge in [-0.05, 0) is 68.0 Å². The van der Waals surface area contributed by atoms with Crippen LogP contribution in [0.4, 0.5) is 0 Å². The molecule has 2 aromatic carbocycles. The zero-order valence-electron chi connectivity index (χ0n) is 17.2. The zero-order chi connectivity index (χ0) is 19.5. The van der Waals surface area contributed by atoms with Crippen LogP contribution in [0, 0.1) is 11.8 Å². The fourth-order valence-corrected chi connectivity index (χ4v) is 4.71. The summed E-state index contributed by atoms with van der Waals surface area (Å²) in [5, 5.41) is 0. The van der Waals surface area contributed by atoms with Gasteiger partial charge in [-0.25, -0.2) is 0 Å². The molecule has 1 fully saturated rings. The number of carbonyl (C=O) groups excluding carboxylic acids is 1. The molecule has 5 heteroatoms. The number of benzene rings is 2. The first-order chi connectivity index (χ1) is 13.7. The number of fused-ring (bicyclic) bond motifs is 1. The maximum atomic E-state index is 12.9.